The number of nitrogens with zero attached hydrogens (tertiary/aromatic N) is 2. The molecule has 17 heavy (non-hydrogen) atoms. The maximum atomic E-state index is 12.3. The number of sulfonamides is 1. The average molecular weight is 297 g/mol. The van der Waals surface area contributed by atoms with Gasteiger partial charge in [-0.1, -0.05) is 22.9 Å². The second-order valence-corrected chi connectivity index (χ2v) is 7.65. The van der Waals surface area contributed by atoms with Crippen LogP contribution in [0.15, 0.2) is 4.21 Å². The molecule has 1 atom stereocenters. The molecule has 1 fully saturated rings. The van der Waals surface area contributed by atoms with Crippen LogP contribution in [0, 0.1) is 6.92 Å². The van der Waals surface area contributed by atoms with Crippen molar-refractivity contribution < 1.29 is 13.2 Å². The molecule has 0 spiro atoms. The number of halogens is 1. The predicted molar refractivity (Wildman–Crippen MR) is 66.0 cm³/mol. The molecule has 0 N–H and O–H groups in total. The quantitative estimate of drug-likeness (QED) is 0.848. The normalized spacial score (nSPS) is 21.3. The molecule has 8 heteroatoms. The molecule has 1 aromatic heterocycles. The van der Waals surface area contributed by atoms with E-state index in [0.717, 1.165) is 17.8 Å². The fourth-order valence-electron chi connectivity index (χ4n) is 1.73. The third-order valence-corrected chi connectivity index (χ3v) is 6.52. The van der Waals surface area contributed by atoms with Crippen molar-refractivity contribution >= 4 is 33.0 Å². The molecule has 2 heterocycles. The van der Waals surface area contributed by atoms with Gasteiger partial charge in [0.1, 0.15) is 0 Å². The van der Waals surface area contributed by atoms with Gasteiger partial charge in [-0.25, -0.2) is 13.4 Å². The van der Waals surface area contributed by atoms with E-state index < -0.39 is 10.0 Å². The van der Waals surface area contributed by atoms with Gasteiger partial charge >= 0.3 is 0 Å². The molecule has 1 aromatic rings. The molecule has 0 bridgehead atoms. The van der Waals surface area contributed by atoms with Crippen LogP contribution in [0.3, 0.4) is 0 Å². The highest BCUT2D eigenvalue weighted by atomic mass is 35.5. The second-order valence-electron chi connectivity index (χ2n) is 3.88. The molecular weight excluding hydrogens is 284 g/mol. The highest BCUT2D eigenvalue weighted by Gasteiger charge is 2.33. The Balaban J connectivity index is 2.32. The van der Waals surface area contributed by atoms with Gasteiger partial charge in [0, 0.05) is 13.7 Å². The molecule has 0 radical (unpaired) electrons. The molecule has 96 valence electrons. The van der Waals surface area contributed by atoms with Gasteiger partial charge in [-0.05, 0) is 13.3 Å². The van der Waals surface area contributed by atoms with Gasteiger partial charge in [0.25, 0.3) is 10.0 Å². The summed E-state index contributed by atoms with van der Waals surface area (Å²) in [6, 6.07) is -0.0970. The maximum absolute atomic E-state index is 12.3. The van der Waals surface area contributed by atoms with Gasteiger partial charge in [0.2, 0.25) is 0 Å². The molecule has 0 saturated carbocycles. The molecule has 2 rings (SSSR count). The van der Waals surface area contributed by atoms with E-state index in [1.165, 1.54) is 4.31 Å². The Hall–Kier alpha value is -0.210. The van der Waals surface area contributed by atoms with Gasteiger partial charge in [-0.15, -0.1) is 0 Å². The fraction of sp³-hybridized carbons (Fsp3) is 0.667. The highest BCUT2D eigenvalue weighted by molar-refractivity contribution is 7.91. The summed E-state index contributed by atoms with van der Waals surface area (Å²) in [6.45, 7) is 2.70. The van der Waals surface area contributed by atoms with E-state index in [-0.39, 0.29) is 14.7 Å². The molecule has 1 aliphatic rings. The second kappa shape index (κ2) is 4.81. The Labute approximate surface area is 109 Å². The van der Waals surface area contributed by atoms with Crippen LogP contribution in [0.2, 0.25) is 4.47 Å². The van der Waals surface area contributed by atoms with Crippen molar-refractivity contribution in [3.63, 3.8) is 0 Å². The molecule has 1 saturated heterocycles. The summed E-state index contributed by atoms with van der Waals surface area (Å²) < 4.78 is 31.7. The van der Waals surface area contributed by atoms with Gasteiger partial charge in [-0.3, -0.25) is 0 Å². The number of aryl methyl sites for hydroxylation is 1. The third kappa shape index (κ3) is 2.48. The Kier molecular flexibility index (Phi) is 3.74. The third-order valence-electron chi connectivity index (χ3n) is 2.76. The van der Waals surface area contributed by atoms with Crippen LogP contribution in [-0.4, -0.2) is 44.0 Å². The lowest BCUT2D eigenvalue weighted by atomic mass is 10.3. The number of rotatable bonds is 3. The van der Waals surface area contributed by atoms with Crippen molar-refractivity contribution in [2.24, 2.45) is 0 Å². The first-order valence-electron chi connectivity index (χ1n) is 5.11. The minimum atomic E-state index is -3.51. The van der Waals surface area contributed by atoms with Crippen LogP contribution in [0.1, 0.15) is 12.1 Å². The van der Waals surface area contributed by atoms with Crippen molar-refractivity contribution in [1.82, 2.24) is 9.29 Å². The summed E-state index contributed by atoms with van der Waals surface area (Å²) in [5.74, 6) is 0. The van der Waals surface area contributed by atoms with E-state index >= 15 is 0 Å². The first-order valence-corrected chi connectivity index (χ1v) is 7.75. The van der Waals surface area contributed by atoms with E-state index in [1.54, 1.807) is 14.0 Å². The Bertz CT molecular complexity index is 508. The number of hydrogen-bond acceptors (Lipinski definition) is 5. The first kappa shape index (κ1) is 13.2. The van der Waals surface area contributed by atoms with Gasteiger partial charge in [0.15, 0.2) is 8.68 Å². The lowest BCUT2D eigenvalue weighted by molar-refractivity contribution is 0.181. The van der Waals surface area contributed by atoms with E-state index in [2.05, 4.69) is 4.98 Å². The number of hydrogen-bond donors (Lipinski definition) is 0. The minimum Gasteiger partial charge on any atom is -0.380 e. The number of thiazole rings is 1. The van der Waals surface area contributed by atoms with Gasteiger partial charge < -0.3 is 4.74 Å². The average Bonchev–Trinajstić information content (AvgIpc) is 2.86. The van der Waals surface area contributed by atoms with Crippen molar-refractivity contribution in [1.29, 1.82) is 0 Å². The summed E-state index contributed by atoms with van der Waals surface area (Å²) in [6.07, 6.45) is 0.724. The summed E-state index contributed by atoms with van der Waals surface area (Å²) in [5.41, 5.74) is 0.450. The Morgan fingerprint density at radius 1 is 1.59 bits per heavy atom. The molecule has 0 aliphatic carbocycles. The lowest BCUT2D eigenvalue weighted by Gasteiger charge is -2.21. The molecular formula is C9H13ClN2O3S2. The molecule has 1 aliphatic heterocycles. The summed E-state index contributed by atoms with van der Waals surface area (Å²) in [5, 5.41) is 0. The zero-order valence-electron chi connectivity index (χ0n) is 9.51. The van der Waals surface area contributed by atoms with Crippen LogP contribution in [0.4, 0.5) is 0 Å². The highest BCUT2D eigenvalue weighted by Crippen LogP contribution is 2.30. The zero-order valence-corrected chi connectivity index (χ0v) is 11.9. The Morgan fingerprint density at radius 3 is 2.76 bits per heavy atom. The maximum Gasteiger partial charge on any atom is 0.254 e. The number of ether oxygens (including phenoxy) is 1. The Morgan fingerprint density at radius 2 is 2.29 bits per heavy atom. The molecule has 0 amide bonds. The minimum absolute atomic E-state index is 0.0970. The van der Waals surface area contributed by atoms with E-state index in [4.69, 9.17) is 16.3 Å². The van der Waals surface area contributed by atoms with Crippen molar-refractivity contribution in [2.75, 3.05) is 20.3 Å². The molecule has 5 nitrogen and oxygen atoms in total. The van der Waals surface area contributed by atoms with Crippen molar-refractivity contribution in [2.45, 2.75) is 23.6 Å². The van der Waals surface area contributed by atoms with E-state index in [9.17, 15) is 8.42 Å². The summed E-state index contributed by atoms with van der Waals surface area (Å²) in [7, 11) is -1.94. The lowest BCUT2D eigenvalue weighted by Crippen LogP contribution is -2.37. The molecule has 0 aromatic carbocycles. The SMILES string of the molecule is Cc1nc(Cl)sc1S(=O)(=O)N(C)C1CCOC1. The monoisotopic (exact) mass is 296 g/mol. The van der Waals surface area contributed by atoms with Crippen molar-refractivity contribution in [3.05, 3.63) is 10.2 Å². The standard InChI is InChI=1S/C9H13ClN2O3S2/c1-6-8(16-9(10)11-6)17(13,14)12(2)7-3-4-15-5-7/h7H,3-5H2,1-2H3. The number of aromatic nitrogens is 1. The largest absolute Gasteiger partial charge is 0.380 e. The first-order chi connectivity index (χ1) is 7.93. The van der Waals surface area contributed by atoms with Crippen LogP contribution < -0.4 is 0 Å². The van der Waals surface area contributed by atoms with Crippen molar-refractivity contribution in [3.8, 4) is 0 Å². The van der Waals surface area contributed by atoms with E-state index in [0.29, 0.717) is 18.9 Å². The van der Waals surface area contributed by atoms with E-state index in [1.807, 2.05) is 0 Å². The zero-order chi connectivity index (χ0) is 12.6. The van der Waals surface area contributed by atoms with Gasteiger partial charge in [-0.2, -0.15) is 4.31 Å². The van der Waals surface area contributed by atoms with Crippen LogP contribution in [0.25, 0.3) is 0 Å². The topological polar surface area (TPSA) is 59.5 Å². The number of likely N-dealkylation sites (N-methyl/N-ethyl adjacent to an activating group) is 1. The van der Waals surface area contributed by atoms with Crippen LogP contribution >= 0.6 is 22.9 Å². The van der Waals surface area contributed by atoms with Gasteiger partial charge in [0.05, 0.1) is 18.3 Å². The fourth-order valence-corrected chi connectivity index (χ4v) is 5.00. The smallest absolute Gasteiger partial charge is 0.254 e. The molecule has 1 unspecified atom stereocenters. The predicted octanol–water partition coefficient (Wildman–Crippen LogP) is 1.51. The summed E-state index contributed by atoms with van der Waals surface area (Å²) in [4.78, 5) is 3.93. The van der Waals surface area contributed by atoms with Crippen LogP contribution in [0.5, 0.6) is 0 Å². The van der Waals surface area contributed by atoms with Crippen LogP contribution in [-0.2, 0) is 14.8 Å². The summed E-state index contributed by atoms with van der Waals surface area (Å²) >= 11 is 6.73.